The standard InChI is InChI=1S/C18H24N6O/c1-12-17(15-3-4-16(19)21-10-15)18(23-11-22-12)24-7-5-14(6-8-24)9-20-13(2)25/h3-4,10-11,14H,5-9H2,1-2H3,(H2,19,21)(H,20,25). The highest BCUT2D eigenvalue weighted by molar-refractivity contribution is 5.77. The third-order valence-corrected chi connectivity index (χ3v) is 4.65. The van der Waals surface area contributed by atoms with Crippen molar-refractivity contribution in [3.05, 3.63) is 30.4 Å². The monoisotopic (exact) mass is 340 g/mol. The molecule has 2 aromatic rings. The van der Waals surface area contributed by atoms with E-state index in [1.54, 1.807) is 25.5 Å². The van der Waals surface area contributed by atoms with Crippen molar-refractivity contribution in [3.63, 3.8) is 0 Å². The molecule has 0 bridgehead atoms. The number of carbonyl (C=O) groups is 1. The largest absolute Gasteiger partial charge is 0.384 e. The summed E-state index contributed by atoms with van der Waals surface area (Å²) in [6.07, 6.45) is 5.45. The van der Waals surface area contributed by atoms with E-state index in [0.717, 1.165) is 55.1 Å². The molecule has 7 nitrogen and oxygen atoms in total. The third-order valence-electron chi connectivity index (χ3n) is 4.65. The number of hydrogen-bond donors (Lipinski definition) is 2. The number of aryl methyl sites for hydroxylation is 1. The molecule has 3 N–H and O–H groups in total. The first-order chi connectivity index (χ1) is 12.0. The smallest absolute Gasteiger partial charge is 0.216 e. The number of nitrogens with two attached hydrogens (primary N) is 1. The number of amides is 1. The summed E-state index contributed by atoms with van der Waals surface area (Å²) in [6, 6.07) is 3.76. The topological polar surface area (TPSA) is 97.0 Å². The summed E-state index contributed by atoms with van der Waals surface area (Å²) in [7, 11) is 0. The Morgan fingerprint density at radius 3 is 2.68 bits per heavy atom. The molecule has 0 saturated carbocycles. The van der Waals surface area contributed by atoms with Crippen molar-refractivity contribution in [1.82, 2.24) is 20.3 Å². The highest BCUT2D eigenvalue weighted by atomic mass is 16.1. The van der Waals surface area contributed by atoms with Crippen molar-refractivity contribution < 1.29 is 4.79 Å². The van der Waals surface area contributed by atoms with Crippen LogP contribution in [0.2, 0.25) is 0 Å². The predicted octanol–water partition coefficient (Wildman–Crippen LogP) is 1.78. The Labute approximate surface area is 147 Å². The van der Waals surface area contributed by atoms with Crippen molar-refractivity contribution in [2.75, 3.05) is 30.3 Å². The first-order valence-electron chi connectivity index (χ1n) is 8.57. The maximum Gasteiger partial charge on any atom is 0.216 e. The van der Waals surface area contributed by atoms with Crippen molar-refractivity contribution in [2.24, 2.45) is 5.92 Å². The highest BCUT2D eigenvalue weighted by Crippen LogP contribution is 2.33. The number of hydrogen-bond acceptors (Lipinski definition) is 6. The molecule has 0 spiro atoms. The molecule has 3 heterocycles. The fourth-order valence-electron chi connectivity index (χ4n) is 3.23. The Morgan fingerprint density at radius 1 is 1.28 bits per heavy atom. The van der Waals surface area contributed by atoms with Gasteiger partial charge in [0.05, 0.1) is 5.69 Å². The van der Waals surface area contributed by atoms with Crippen LogP contribution < -0.4 is 16.0 Å². The molecule has 0 unspecified atom stereocenters. The van der Waals surface area contributed by atoms with Crippen LogP contribution in [0.4, 0.5) is 11.6 Å². The van der Waals surface area contributed by atoms with E-state index in [2.05, 4.69) is 25.2 Å². The summed E-state index contributed by atoms with van der Waals surface area (Å²) in [6.45, 7) is 6.12. The molecule has 0 atom stereocenters. The molecule has 25 heavy (non-hydrogen) atoms. The Hall–Kier alpha value is -2.70. The van der Waals surface area contributed by atoms with Gasteiger partial charge in [-0.15, -0.1) is 0 Å². The SMILES string of the molecule is CC(=O)NCC1CCN(c2ncnc(C)c2-c2ccc(N)nc2)CC1. The quantitative estimate of drug-likeness (QED) is 0.880. The molecule has 1 amide bonds. The number of nitrogens with zero attached hydrogens (tertiary/aromatic N) is 4. The summed E-state index contributed by atoms with van der Waals surface area (Å²) < 4.78 is 0. The predicted molar refractivity (Wildman–Crippen MR) is 98.0 cm³/mol. The molecule has 132 valence electrons. The highest BCUT2D eigenvalue weighted by Gasteiger charge is 2.23. The van der Waals surface area contributed by atoms with E-state index in [9.17, 15) is 4.79 Å². The van der Waals surface area contributed by atoms with Gasteiger partial charge in [-0.25, -0.2) is 15.0 Å². The van der Waals surface area contributed by atoms with Gasteiger partial charge in [0, 0.05) is 43.9 Å². The van der Waals surface area contributed by atoms with E-state index in [0.29, 0.717) is 11.7 Å². The second-order valence-corrected chi connectivity index (χ2v) is 6.50. The van der Waals surface area contributed by atoms with Gasteiger partial charge in [-0.05, 0) is 37.8 Å². The minimum atomic E-state index is 0.0343. The number of rotatable bonds is 4. The van der Waals surface area contributed by atoms with Gasteiger partial charge in [-0.1, -0.05) is 0 Å². The van der Waals surface area contributed by atoms with Crippen LogP contribution in [0, 0.1) is 12.8 Å². The van der Waals surface area contributed by atoms with E-state index in [1.807, 2.05) is 13.0 Å². The van der Waals surface area contributed by atoms with Crippen LogP contribution in [-0.2, 0) is 4.79 Å². The zero-order valence-electron chi connectivity index (χ0n) is 14.7. The molecule has 7 heteroatoms. The van der Waals surface area contributed by atoms with Gasteiger partial charge >= 0.3 is 0 Å². The minimum Gasteiger partial charge on any atom is -0.384 e. The van der Waals surface area contributed by atoms with Crippen molar-refractivity contribution >= 4 is 17.5 Å². The summed E-state index contributed by atoms with van der Waals surface area (Å²) in [5.41, 5.74) is 8.62. The van der Waals surface area contributed by atoms with Gasteiger partial charge in [0.15, 0.2) is 0 Å². The number of carbonyl (C=O) groups excluding carboxylic acids is 1. The van der Waals surface area contributed by atoms with Crippen LogP contribution in [0.1, 0.15) is 25.5 Å². The molecular formula is C18H24N6O. The van der Waals surface area contributed by atoms with Gasteiger partial charge in [0.1, 0.15) is 18.0 Å². The Bertz CT molecular complexity index is 738. The maximum absolute atomic E-state index is 11.1. The van der Waals surface area contributed by atoms with Crippen molar-refractivity contribution in [1.29, 1.82) is 0 Å². The van der Waals surface area contributed by atoms with E-state index in [-0.39, 0.29) is 5.91 Å². The number of pyridine rings is 1. The maximum atomic E-state index is 11.1. The second-order valence-electron chi connectivity index (χ2n) is 6.50. The lowest BCUT2D eigenvalue weighted by Gasteiger charge is -2.34. The lowest BCUT2D eigenvalue weighted by Crippen LogP contribution is -2.38. The normalized spacial score (nSPS) is 15.2. The van der Waals surface area contributed by atoms with Crippen LogP contribution in [0.25, 0.3) is 11.1 Å². The van der Waals surface area contributed by atoms with Gasteiger partial charge in [-0.3, -0.25) is 4.79 Å². The molecular weight excluding hydrogens is 316 g/mol. The average Bonchev–Trinajstić information content (AvgIpc) is 2.61. The van der Waals surface area contributed by atoms with E-state index >= 15 is 0 Å². The summed E-state index contributed by atoms with van der Waals surface area (Å²) in [5.74, 6) is 1.99. The van der Waals surface area contributed by atoms with Crippen molar-refractivity contribution in [2.45, 2.75) is 26.7 Å². The van der Waals surface area contributed by atoms with Crippen LogP contribution in [0.3, 0.4) is 0 Å². The first kappa shape index (κ1) is 17.1. The van der Waals surface area contributed by atoms with Gasteiger partial charge in [0.2, 0.25) is 5.91 Å². The number of nitrogen functional groups attached to an aromatic ring is 1. The van der Waals surface area contributed by atoms with E-state index in [1.165, 1.54) is 0 Å². The van der Waals surface area contributed by atoms with Crippen LogP contribution in [-0.4, -0.2) is 40.5 Å². The zero-order valence-corrected chi connectivity index (χ0v) is 14.7. The Morgan fingerprint density at radius 2 is 2.04 bits per heavy atom. The first-order valence-corrected chi connectivity index (χ1v) is 8.57. The molecule has 1 aliphatic heterocycles. The van der Waals surface area contributed by atoms with Crippen molar-refractivity contribution in [3.8, 4) is 11.1 Å². The molecule has 0 aliphatic carbocycles. The molecule has 0 aromatic carbocycles. The molecule has 0 radical (unpaired) electrons. The minimum absolute atomic E-state index is 0.0343. The van der Waals surface area contributed by atoms with Crippen LogP contribution >= 0.6 is 0 Å². The molecule has 1 saturated heterocycles. The Balaban J connectivity index is 1.78. The number of piperidine rings is 1. The molecule has 1 aliphatic rings. The Kier molecular flexibility index (Phi) is 5.11. The number of nitrogens with one attached hydrogen (secondary N) is 1. The van der Waals surface area contributed by atoms with E-state index in [4.69, 9.17) is 5.73 Å². The average molecular weight is 340 g/mol. The summed E-state index contributed by atoms with van der Waals surface area (Å²) >= 11 is 0. The van der Waals surface area contributed by atoms with Gasteiger partial charge in [0.25, 0.3) is 0 Å². The lowest BCUT2D eigenvalue weighted by atomic mass is 9.96. The summed E-state index contributed by atoms with van der Waals surface area (Å²) in [5, 5.41) is 2.92. The molecule has 3 rings (SSSR count). The second kappa shape index (κ2) is 7.46. The third kappa shape index (κ3) is 4.04. The lowest BCUT2D eigenvalue weighted by molar-refractivity contribution is -0.119. The van der Waals surface area contributed by atoms with Gasteiger partial charge in [-0.2, -0.15) is 0 Å². The van der Waals surface area contributed by atoms with E-state index < -0.39 is 0 Å². The number of aromatic nitrogens is 3. The van der Waals surface area contributed by atoms with Crippen LogP contribution in [0.15, 0.2) is 24.7 Å². The molecule has 2 aromatic heterocycles. The zero-order chi connectivity index (χ0) is 17.8. The molecule has 1 fully saturated rings. The van der Waals surface area contributed by atoms with Crippen LogP contribution in [0.5, 0.6) is 0 Å². The summed E-state index contributed by atoms with van der Waals surface area (Å²) in [4.78, 5) is 26.5. The fourth-order valence-corrected chi connectivity index (χ4v) is 3.23. The number of anilines is 2. The van der Waals surface area contributed by atoms with Gasteiger partial charge < -0.3 is 16.0 Å². The fraction of sp³-hybridized carbons (Fsp3) is 0.444.